The minimum atomic E-state index is 0.214. The van der Waals surface area contributed by atoms with E-state index in [4.69, 9.17) is 0 Å². The summed E-state index contributed by atoms with van der Waals surface area (Å²) in [5.41, 5.74) is 5.35. The molecule has 1 heterocycles. The molecule has 0 saturated carbocycles. The van der Waals surface area contributed by atoms with Crippen LogP contribution in [0.3, 0.4) is 0 Å². The molecule has 3 heteroatoms. The molecule has 1 aromatic rings. The van der Waals surface area contributed by atoms with Gasteiger partial charge in [-0.25, -0.2) is 0 Å². The summed E-state index contributed by atoms with van der Waals surface area (Å²) in [7, 11) is 0. The van der Waals surface area contributed by atoms with Crippen LogP contribution < -0.4 is 5.43 Å². The minimum absolute atomic E-state index is 0.214. The van der Waals surface area contributed by atoms with E-state index in [0.717, 1.165) is 6.54 Å². The number of aryl methyl sites for hydroxylation is 1. The maximum Gasteiger partial charge on any atom is 0.117 e. The van der Waals surface area contributed by atoms with Gasteiger partial charge in [0.1, 0.15) is 6.04 Å². The molecule has 0 amide bonds. The van der Waals surface area contributed by atoms with Crippen molar-refractivity contribution in [2.45, 2.75) is 13.0 Å². The molecule has 3 nitrogen and oxygen atoms in total. The van der Waals surface area contributed by atoms with E-state index in [2.05, 4.69) is 47.0 Å². The SMILES string of the molecule is Cc1ccc(C2CNN=N2)cc1. The Balaban J connectivity index is 2.23. The standard InChI is InChI=1S/C9H11N3/c1-7-2-4-8(5-3-7)9-6-10-12-11-9/h2-5,9H,6H2,1H3,(H,10,11). The normalized spacial score (nSPS) is 20.9. The number of hydrogen-bond acceptors (Lipinski definition) is 3. The van der Waals surface area contributed by atoms with Crippen molar-refractivity contribution in [3.63, 3.8) is 0 Å². The zero-order chi connectivity index (χ0) is 8.39. The molecular formula is C9H11N3. The summed E-state index contributed by atoms with van der Waals surface area (Å²) in [5, 5.41) is 7.79. The van der Waals surface area contributed by atoms with Gasteiger partial charge >= 0.3 is 0 Å². The van der Waals surface area contributed by atoms with Crippen LogP contribution in [0.15, 0.2) is 34.6 Å². The zero-order valence-electron chi connectivity index (χ0n) is 6.99. The Morgan fingerprint density at radius 1 is 1.33 bits per heavy atom. The van der Waals surface area contributed by atoms with Gasteiger partial charge < -0.3 is 0 Å². The minimum Gasteiger partial charge on any atom is -0.289 e. The summed E-state index contributed by atoms with van der Waals surface area (Å²) in [5.74, 6) is 0. The van der Waals surface area contributed by atoms with Crippen molar-refractivity contribution >= 4 is 0 Å². The second-order valence-electron chi connectivity index (χ2n) is 3.00. The fourth-order valence-electron chi connectivity index (χ4n) is 1.25. The lowest BCUT2D eigenvalue weighted by Gasteiger charge is -2.03. The molecular weight excluding hydrogens is 150 g/mol. The van der Waals surface area contributed by atoms with Crippen molar-refractivity contribution in [3.8, 4) is 0 Å². The van der Waals surface area contributed by atoms with Crippen molar-refractivity contribution < 1.29 is 0 Å². The van der Waals surface area contributed by atoms with Gasteiger partial charge in [-0.1, -0.05) is 35.1 Å². The summed E-state index contributed by atoms with van der Waals surface area (Å²) < 4.78 is 0. The largest absolute Gasteiger partial charge is 0.289 e. The van der Waals surface area contributed by atoms with Crippen LogP contribution in [-0.4, -0.2) is 6.54 Å². The summed E-state index contributed by atoms with van der Waals surface area (Å²) in [6.07, 6.45) is 0. The van der Waals surface area contributed by atoms with Gasteiger partial charge in [0.25, 0.3) is 0 Å². The van der Waals surface area contributed by atoms with Crippen molar-refractivity contribution in [2.24, 2.45) is 10.3 Å². The van der Waals surface area contributed by atoms with Gasteiger partial charge in [0.15, 0.2) is 0 Å². The molecule has 2 rings (SSSR count). The van der Waals surface area contributed by atoms with Crippen LogP contribution in [-0.2, 0) is 0 Å². The summed E-state index contributed by atoms with van der Waals surface area (Å²) in [6.45, 7) is 2.90. The Labute approximate surface area is 71.5 Å². The van der Waals surface area contributed by atoms with E-state index < -0.39 is 0 Å². The van der Waals surface area contributed by atoms with Gasteiger partial charge in [0.05, 0.1) is 6.54 Å². The first-order valence-electron chi connectivity index (χ1n) is 4.05. The molecule has 1 aliphatic heterocycles. The Kier molecular flexibility index (Phi) is 1.78. The maximum atomic E-state index is 4.05. The molecule has 0 saturated heterocycles. The second-order valence-corrected chi connectivity index (χ2v) is 3.00. The summed E-state index contributed by atoms with van der Waals surface area (Å²) >= 11 is 0. The Bertz CT molecular complexity index is 289. The van der Waals surface area contributed by atoms with Gasteiger partial charge in [0.2, 0.25) is 0 Å². The topological polar surface area (TPSA) is 36.8 Å². The molecule has 0 aliphatic carbocycles. The smallest absolute Gasteiger partial charge is 0.117 e. The fourth-order valence-corrected chi connectivity index (χ4v) is 1.25. The van der Waals surface area contributed by atoms with Crippen LogP contribution in [0, 0.1) is 6.92 Å². The van der Waals surface area contributed by atoms with Crippen LogP contribution in [0.1, 0.15) is 17.2 Å². The highest BCUT2D eigenvalue weighted by atomic mass is 15.5. The van der Waals surface area contributed by atoms with Crippen LogP contribution in [0.4, 0.5) is 0 Å². The highest BCUT2D eigenvalue weighted by molar-refractivity contribution is 5.24. The van der Waals surface area contributed by atoms with Crippen LogP contribution in [0.25, 0.3) is 0 Å². The van der Waals surface area contributed by atoms with Crippen molar-refractivity contribution in [1.29, 1.82) is 0 Å². The van der Waals surface area contributed by atoms with E-state index in [-0.39, 0.29) is 6.04 Å². The molecule has 0 fully saturated rings. The molecule has 1 aromatic carbocycles. The second kappa shape index (κ2) is 2.93. The van der Waals surface area contributed by atoms with E-state index >= 15 is 0 Å². The summed E-state index contributed by atoms with van der Waals surface area (Å²) in [4.78, 5) is 0. The highest BCUT2D eigenvalue weighted by Gasteiger charge is 2.13. The predicted octanol–water partition coefficient (Wildman–Crippen LogP) is 2.01. The third-order valence-corrected chi connectivity index (χ3v) is 2.01. The van der Waals surface area contributed by atoms with Gasteiger partial charge in [-0.15, -0.1) is 0 Å². The third kappa shape index (κ3) is 1.30. The Morgan fingerprint density at radius 3 is 2.67 bits per heavy atom. The van der Waals surface area contributed by atoms with E-state index in [1.807, 2.05) is 0 Å². The van der Waals surface area contributed by atoms with E-state index in [9.17, 15) is 0 Å². The number of benzene rings is 1. The van der Waals surface area contributed by atoms with Gasteiger partial charge in [-0.05, 0) is 12.5 Å². The number of nitrogens with zero attached hydrogens (tertiary/aromatic N) is 2. The first-order chi connectivity index (χ1) is 5.86. The predicted molar refractivity (Wildman–Crippen MR) is 46.8 cm³/mol. The molecule has 1 atom stereocenters. The number of hydrogen-bond donors (Lipinski definition) is 1. The quantitative estimate of drug-likeness (QED) is 0.672. The van der Waals surface area contributed by atoms with Gasteiger partial charge in [-0.3, -0.25) is 5.43 Å². The van der Waals surface area contributed by atoms with Gasteiger partial charge in [0, 0.05) is 0 Å². The molecule has 0 spiro atoms. The van der Waals surface area contributed by atoms with Crippen LogP contribution in [0.2, 0.25) is 0 Å². The number of nitrogens with one attached hydrogen (secondary N) is 1. The zero-order valence-corrected chi connectivity index (χ0v) is 6.99. The maximum absolute atomic E-state index is 4.05. The molecule has 0 aromatic heterocycles. The third-order valence-electron chi connectivity index (χ3n) is 2.01. The molecule has 1 unspecified atom stereocenters. The Hall–Kier alpha value is -1.38. The van der Waals surface area contributed by atoms with E-state index in [0.29, 0.717) is 0 Å². The molecule has 1 N–H and O–H groups in total. The lowest BCUT2D eigenvalue weighted by molar-refractivity contribution is 0.739. The lowest BCUT2D eigenvalue weighted by atomic mass is 10.1. The number of rotatable bonds is 1. The van der Waals surface area contributed by atoms with Crippen molar-refractivity contribution in [2.75, 3.05) is 6.54 Å². The van der Waals surface area contributed by atoms with Crippen LogP contribution >= 0.6 is 0 Å². The Morgan fingerprint density at radius 2 is 2.08 bits per heavy atom. The average molecular weight is 161 g/mol. The molecule has 0 radical (unpaired) electrons. The molecule has 12 heavy (non-hydrogen) atoms. The first kappa shape index (κ1) is 7.28. The monoisotopic (exact) mass is 161 g/mol. The average Bonchev–Trinajstić information content (AvgIpc) is 2.58. The lowest BCUT2D eigenvalue weighted by Crippen LogP contribution is -2.06. The van der Waals surface area contributed by atoms with Crippen molar-refractivity contribution in [3.05, 3.63) is 35.4 Å². The first-order valence-corrected chi connectivity index (χ1v) is 4.05. The molecule has 1 aliphatic rings. The van der Waals surface area contributed by atoms with Crippen molar-refractivity contribution in [1.82, 2.24) is 5.43 Å². The van der Waals surface area contributed by atoms with Crippen LogP contribution in [0.5, 0.6) is 0 Å². The van der Waals surface area contributed by atoms with Gasteiger partial charge in [-0.2, -0.15) is 5.11 Å². The van der Waals surface area contributed by atoms with E-state index in [1.165, 1.54) is 11.1 Å². The molecule has 0 bridgehead atoms. The highest BCUT2D eigenvalue weighted by Crippen LogP contribution is 2.19. The van der Waals surface area contributed by atoms with E-state index in [1.54, 1.807) is 0 Å². The molecule has 62 valence electrons. The fraction of sp³-hybridized carbons (Fsp3) is 0.333. The summed E-state index contributed by atoms with van der Waals surface area (Å²) in [6, 6.07) is 8.62.